The Labute approximate surface area is 222 Å². The summed E-state index contributed by atoms with van der Waals surface area (Å²) in [7, 11) is 4.35. The maximum atomic E-state index is 5.16. The molecule has 0 spiro atoms. The van der Waals surface area contributed by atoms with Crippen LogP contribution in [0, 0.1) is 26.2 Å². The molecule has 0 aromatic carbocycles. The minimum absolute atomic E-state index is 0.446. The molecule has 200 valence electrons. The fraction of sp³-hybridized carbons (Fsp3) is 0.700. The zero-order valence-corrected chi connectivity index (χ0v) is 23.7. The number of pyridine rings is 1. The first-order valence-electron chi connectivity index (χ1n) is 14.5. The van der Waals surface area contributed by atoms with Gasteiger partial charge >= 0.3 is 0 Å². The molecule has 4 saturated carbocycles. The zero-order chi connectivity index (χ0) is 25.9. The van der Waals surface area contributed by atoms with Gasteiger partial charge in [-0.1, -0.05) is 6.42 Å². The van der Waals surface area contributed by atoms with E-state index in [1.165, 1.54) is 80.4 Å². The number of aromatic nitrogens is 3. The molecule has 4 aliphatic carbocycles. The van der Waals surface area contributed by atoms with Gasteiger partial charge in [0.05, 0.1) is 5.69 Å². The highest BCUT2D eigenvalue weighted by Gasteiger charge is 2.52. The van der Waals surface area contributed by atoms with Gasteiger partial charge in [0.15, 0.2) is 5.82 Å². The molecule has 7 heteroatoms. The molecule has 4 fully saturated rings. The van der Waals surface area contributed by atoms with Crippen LogP contribution in [0.1, 0.15) is 86.0 Å². The van der Waals surface area contributed by atoms with Crippen LogP contribution >= 0.6 is 0 Å². The molecule has 1 aliphatic heterocycles. The van der Waals surface area contributed by atoms with Crippen LogP contribution in [0.3, 0.4) is 0 Å². The van der Waals surface area contributed by atoms with Crippen LogP contribution in [0.15, 0.2) is 11.2 Å². The number of hydrogen-bond acceptors (Lipinski definition) is 6. The lowest BCUT2D eigenvalue weighted by atomic mass is 9.56. The number of anilines is 2. The van der Waals surface area contributed by atoms with E-state index in [4.69, 9.17) is 10.1 Å². The normalized spacial score (nSPS) is 27.4. The van der Waals surface area contributed by atoms with E-state index in [-0.39, 0.29) is 0 Å². The van der Waals surface area contributed by atoms with E-state index in [0.29, 0.717) is 11.0 Å². The van der Waals surface area contributed by atoms with Crippen LogP contribution in [0.2, 0.25) is 0 Å². The van der Waals surface area contributed by atoms with Gasteiger partial charge in [-0.3, -0.25) is 14.6 Å². The van der Waals surface area contributed by atoms with E-state index < -0.39 is 0 Å². The highest BCUT2D eigenvalue weighted by molar-refractivity contribution is 5.65. The minimum Gasteiger partial charge on any atom is -0.366 e. The number of hydrazone groups is 1. The molecule has 2 aromatic heterocycles. The third-order valence-electron chi connectivity index (χ3n) is 10.8. The Hall–Kier alpha value is -2.41. The molecule has 0 amide bonds. The van der Waals surface area contributed by atoms with Crippen molar-refractivity contribution in [3.8, 4) is 0 Å². The Kier molecular flexibility index (Phi) is 6.13. The van der Waals surface area contributed by atoms with Crippen LogP contribution in [-0.4, -0.2) is 58.6 Å². The smallest absolute Gasteiger partial charge is 0.153 e. The van der Waals surface area contributed by atoms with Crippen LogP contribution < -0.4 is 9.91 Å². The predicted molar refractivity (Wildman–Crippen MR) is 152 cm³/mol. The quantitative estimate of drug-likeness (QED) is 0.374. The van der Waals surface area contributed by atoms with Gasteiger partial charge in [-0.05, 0) is 90.7 Å². The van der Waals surface area contributed by atoms with Crippen molar-refractivity contribution in [3.05, 3.63) is 34.3 Å². The second-order valence-corrected chi connectivity index (χ2v) is 12.7. The highest BCUT2D eigenvalue weighted by Crippen LogP contribution is 2.56. The summed E-state index contributed by atoms with van der Waals surface area (Å²) in [6.45, 7) is 13.2. The molecule has 2 aromatic rings. The lowest BCUT2D eigenvalue weighted by molar-refractivity contribution is -0.0802. The second kappa shape index (κ2) is 9.11. The van der Waals surface area contributed by atoms with E-state index in [9.17, 15) is 0 Å². The number of aryl methyl sites for hydroxylation is 2. The Morgan fingerprint density at radius 2 is 1.78 bits per heavy atom. The van der Waals surface area contributed by atoms with Crippen molar-refractivity contribution in [1.29, 1.82) is 0 Å². The van der Waals surface area contributed by atoms with E-state index in [2.05, 4.69) is 60.2 Å². The van der Waals surface area contributed by atoms with E-state index in [0.717, 1.165) is 49.2 Å². The van der Waals surface area contributed by atoms with Crippen molar-refractivity contribution in [3.63, 3.8) is 0 Å². The molecule has 7 rings (SSSR count). The summed E-state index contributed by atoms with van der Waals surface area (Å²) < 4.78 is 2.43. The van der Waals surface area contributed by atoms with Crippen molar-refractivity contribution in [1.82, 2.24) is 19.7 Å². The summed E-state index contributed by atoms with van der Waals surface area (Å²) in [5.74, 6) is 0.885. The highest BCUT2D eigenvalue weighted by atomic mass is 15.5. The number of nitrogens with zero attached hydrogens (tertiary/aromatic N) is 7. The minimum atomic E-state index is 0.446. The van der Waals surface area contributed by atoms with Crippen LogP contribution in [0.5, 0.6) is 0 Å². The number of fused-ring (bicyclic) bond motifs is 4. The average Bonchev–Trinajstić information content (AvgIpc) is 3.18. The van der Waals surface area contributed by atoms with Crippen LogP contribution in [0.4, 0.5) is 11.5 Å². The first-order valence-corrected chi connectivity index (χ1v) is 14.5. The van der Waals surface area contributed by atoms with Gasteiger partial charge in [0.1, 0.15) is 0 Å². The summed E-state index contributed by atoms with van der Waals surface area (Å²) in [6.07, 6.45) is 13.6. The molecular formula is C30H45N7. The fourth-order valence-electron chi connectivity index (χ4n) is 7.90. The first kappa shape index (κ1) is 24.9. The molecule has 0 N–H and O–H groups in total. The summed E-state index contributed by atoms with van der Waals surface area (Å²) in [5, 5.41) is 11.0. The summed E-state index contributed by atoms with van der Waals surface area (Å²) in [6, 6.07) is 3.07. The van der Waals surface area contributed by atoms with Gasteiger partial charge in [0.25, 0.3) is 0 Å². The van der Waals surface area contributed by atoms with Gasteiger partial charge in [0.2, 0.25) is 0 Å². The van der Waals surface area contributed by atoms with Crippen molar-refractivity contribution < 1.29 is 0 Å². The van der Waals surface area contributed by atoms with E-state index in [1.54, 1.807) is 5.01 Å². The number of hydrogen-bond donors (Lipinski definition) is 0. The molecule has 0 unspecified atom stereocenters. The Bertz CT molecular complexity index is 1170. The van der Waals surface area contributed by atoms with E-state index in [1.807, 2.05) is 7.05 Å². The fourth-order valence-corrected chi connectivity index (χ4v) is 7.90. The topological polar surface area (TPSA) is 52.8 Å². The zero-order valence-electron chi connectivity index (χ0n) is 23.7. The summed E-state index contributed by atoms with van der Waals surface area (Å²) in [5.41, 5.74) is 8.47. The molecule has 2 bridgehead atoms. The average molecular weight is 504 g/mol. The lowest BCUT2D eigenvalue weighted by Crippen LogP contribution is -2.60. The molecule has 37 heavy (non-hydrogen) atoms. The van der Waals surface area contributed by atoms with Crippen molar-refractivity contribution in [2.75, 3.05) is 30.5 Å². The maximum absolute atomic E-state index is 5.16. The monoisotopic (exact) mass is 503 g/mol. The van der Waals surface area contributed by atoms with Gasteiger partial charge in [-0.2, -0.15) is 10.2 Å². The van der Waals surface area contributed by atoms with Crippen molar-refractivity contribution in [2.45, 2.75) is 110 Å². The molecule has 5 aliphatic rings. The standard InChI is InChI=1S/C30H45N7/c1-21-18-27(22(2)28(32-21)35(6)31-4)36-17-10-26-25(19-36)23(3)33-37(26)20-29-11-14-30(15-12-29,16-13-29)34(5)24-8-7-9-24/h18,24H,4,7-17,19-20H2,1-3,5-6H3. The molecule has 3 heterocycles. The van der Waals surface area contributed by atoms with Gasteiger partial charge in [0, 0.05) is 79.6 Å². The lowest BCUT2D eigenvalue weighted by Gasteiger charge is -2.59. The Morgan fingerprint density at radius 1 is 1.08 bits per heavy atom. The van der Waals surface area contributed by atoms with Crippen molar-refractivity contribution >= 4 is 18.2 Å². The Balaban J connectivity index is 1.19. The van der Waals surface area contributed by atoms with Crippen LogP contribution in [0.25, 0.3) is 0 Å². The van der Waals surface area contributed by atoms with Crippen LogP contribution in [-0.2, 0) is 19.5 Å². The third kappa shape index (κ3) is 4.08. The van der Waals surface area contributed by atoms with Gasteiger partial charge in [-0.15, -0.1) is 0 Å². The number of rotatable bonds is 7. The molecule has 7 nitrogen and oxygen atoms in total. The Morgan fingerprint density at radius 3 is 2.41 bits per heavy atom. The summed E-state index contributed by atoms with van der Waals surface area (Å²) >= 11 is 0. The first-order chi connectivity index (χ1) is 17.7. The SMILES string of the molecule is C=NN(C)c1nc(C)cc(N2CCc3c(c(C)nn3CC34CCC(N(C)C5CCC5)(CC3)CC4)C2)c1C. The predicted octanol–water partition coefficient (Wildman–Crippen LogP) is 5.40. The molecular weight excluding hydrogens is 458 g/mol. The van der Waals surface area contributed by atoms with Gasteiger partial charge < -0.3 is 4.90 Å². The molecule has 0 saturated heterocycles. The van der Waals surface area contributed by atoms with Gasteiger partial charge in [-0.25, -0.2) is 4.98 Å². The second-order valence-electron chi connectivity index (χ2n) is 12.7. The molecule has 0 radical (unpaired) electrons. The van der Waals surface area contributed by atoms with Crippen molar-refractivity contribution in [2.24, 2.45) is 10.5 Å². The largest absolute Gasteiger partial charge is 0.366 e. The third-order valence-corrected chi connectivity index (χ3v) is 10.8. The van der Waals surface area contributed by atoms with E-state index >= 15 is 0 Å². The summed E-state index contributed by atoms with van der Waals surface area (Å²) in [4.78, 5) is 10.1. The maximum Gasteiger partial charge on any atom is 0.153 e. The molecule has 0 atom stereocenters.